The third-order valence-corrected chi connectivity index (χ3v) is 3.64. The Morgan fingerprint density at radius 3 is 2.75 bits per heavy atom. The first-order valence-corrected chi connectivity index (χ1v) is 7.82. The summed E-state index contributed by atoms with van der Waals surface area (Å²) in [6.07, 6.45) is 3.57. The van der Waals surface area contributed by atoms with Gasteiger partial charge in [0.15, 0.2) is 0 Å². The maximum absolute atomic E-state index is 6.01. The van der Waals surface area contributed by atoms with E-state index >= 15 is 0 Å². The Hall–Kier alpha value is -1.35. The van der Waals surface area contributed by atoms with Crippen molar-refractivity contribution in [2.45, 2.75) is 39.2 Å². The largest absolute Gasteiger partial charge is 0.366 e. The zero-order chi connectivity index (χ0) is 14.2. The van der Waals surface area contributed by atoms with Crippen LogP contribution in [0.25, 0.3) is 0 Å². The molecular weight excluding hydrogens is 248 g/mol. The van der Waals surface area contributed by atoms with Crippen LogP contribution in [0.4, 0.5) is 0 Å². The molecule has 0 radical (unpaired) electrons. The fourth-order valence-corrected chi connectivity index (χ4v) is 2.61. The highest BCUT2D eigenvalue weighted by atomic mass is 16.5. The van der Waals surface area contributed by atoms with Gasteiger partial charge in [0.05, 0.1) is 0 Å². The molecule has 0 fully saturated rings. The third kappa shape index (κ3) is 3.83. The smallest absolute Gasteiger partial charge is 0.140 e. The van der Waals surface area contributed by atoms with E-state index in [2.05, 4.69) is 43.0 Å². The van der Waals surface area contributed by atoms with E-state index in [1.165, 1.54) is 18.4 Å². The molecule has 1 heterocycles. The van der Waals surface area contributed by atoms with Crippen LogP contribution in [0.2, 0.25) is 0 Å². The Morgan fingerprint density at radius 2 is 2.05 bits per heavy atom. The van der Waals surface area contributed by atoms with Crippen molar-refractivity contribution in [3.63, 3.8) is 0 Å². The second-order valence-corrected chi connectivity index (χ2v) is 5.18. The predicted octanol–water partition coefficient (Wildman–Crippen LogP) is 3.67. The van der Waals surface area contributed by atoms with E-state index < -0.39 is 0 Å². The van der Waals surface area contributed by atoms with Crippen LogP contribution >= 0.6 is 0 Å². The van der Waals surface area contributed by atoms with Crippen LogP contribution in [-0.4, -0.2) is 37.0 Å². The first-order chi connectivity index (χ1) is 9.86. The average Bonchev–Trinajstić information content (AvgIpc) is 2.52. The molecule has 1 aliphatic rings. The van der Waals surface area contributed by atoms with Crippen molar-refractivity contribution in [2.75, 3.05) is 26.2 Å². The first-order valence-electron chi connectivity index (χ1n) is 7.82. The summed E-state index contributed by atoms with van der Waals surface area (Å²) >= 11 is 0. The molecule has 0 aromatic heterocycles. The monoisotopic (exact) mass is 274 g/mol. The molecule has 1 aliphatic heterocycles. The van der Waals surface area contributed by atoms with Gasteiger partial charge in [-0.3, -0.25) is 4.99 Å². The number of hydrogen-bond donors (Lipinski definition) is 0. The van der Waals surface area contributed by atoms with Crippen LogP contribution in [0, 0.1) is 0 Å². The van der Waals surface area contributed by atoms with Crippen LogP contribution < -0.4 is 0 Å². The Morgan fingerprint density at radius 1 is 1.25 bits per heavy atom. The summed E-state index contributed by atoms with van der Waals surface area (Å²) in [4.78, 5) is 7.19. The highest BCUT2D eigenvalue weighted by molar-refractivity contribution is 5.88. The Bertz CT molecular complexity index is 416. The highest BCUT2D eigenvalue weighted by Gasteiger charge is 2.25. The molecular formula is C17H26N2O. The number of ether oxygens (including phenoxy) is 1. The lowest BCUT2D eigenvalue weighted by atomic mass is 10.1. The van der Waals surface area contributed by atoms with Gasteiger partial charge in [0.25, 0.3) is 0 Å². The number of rotatable bonds is 7. The number of amidine groups is 1. The summed E-state index contributed by atoms with van der Waals surface area (Å²) in [5.41, 5.74) is 1.21. The van der Waals surface area contributed by atoms with E-state index in [9.17, 15) is 0 Å². The maximum Gasteiger partial charge on any atom is 0.140 e. The van der Waals surface area contributed by atoms with E-state index in [1.807, 2.05) is 6.07 Å². The Balaban J connectivity index is 2.20. The second-order valence-electron chi connectivity index (χ2n) is 5.18. The fourth-order valence-electron chi connectivity index (χ4n) is 2.61. The van der Waals surface area contributed by atoms with E-state index in [1.54, 1.807) is 0 Å². The first kappa shape index (κ1) is 15.0. The molecule has 0 aliphatic carbocycles. The average molecular weight is 274 g/mol. The molecule has 1 atom stereocenters. The van der Waals surface area contributed by atoms with Gasteiger partial charge in [-0.25, -0.2) is 0 Å². The molecule has 20 heavy (non-hydrogen) atoms. The van der Waals surface area contributed by atoms with Crippen molar-refractivity contribution < 1.29 is 4.74 Å². The van der Waals surface area contributed by atoms with Crippen molar-refractivity contribution in [2.24, 2.45) is 4.99 Å². The van der Waals surface area contributed by atoms with Crippen LogP contribution in [0.3, 0.4) is 0 Å². The van der Waals surface area contributed by atoms with Gasteiger partial charge in [0.1, 0.15) is 11.9 Å². The molecule has 0 N–H and O–H groups in total. The minimum absolute atomic E-state index is 0.0154. The fraction of sp³-hybridized carbons (Fsp3) is 0.588. The molecule has 1 aromatic rings. The number of benzene rings is 1. The number of unbranched alkanes of at least 4 members (excludes halogenated alkanes) is 1. The van der Waals surface area contributed by atoms with E-state index in [-0.39, 0.29) is 6.10 Å². The molecule has 0 saturated heterocycles. The molecule has 0 unspecified atom stereocenters. The Labute approximate surface area is 122 Å². The van der Waals surface area contributed by atoms with Crippen molar-refractivity contribution >= 4 is 5.84 Å². The van der Waals surface area contributed by atoms with E-state index in [0.717, 1.165) is 31.9 Å². The predicted molar refractivity (Wildman–Crippen MR) is 84.2 cm³/mol. The molecule has 1 aromatic carbocycles. The van der Waals surface area contributed by atoms with Crippen LogP contribution in [0.5, 0.6) is 0 Å². The van der Waals surface area contributed by atoms with Gasteiger partial charge in [0.2, 0.25) is 0 Å². The Kier molecular flexibility index (Phi) is 6.06. The number of aliphatic imine (C=N–C) groups is 1. The van der Waals surface area contributed by atoms with Crippen molar-refractivity contribution in [3.8, 4) is 0 Å². The SMILES string of the molecule is CCCCN1CCCN=C1[C@H](OCC)c1ccccc1. The topological polar surface area (TPSA) is 24.8 Å². The third-order valence-electron chi connectivity index (χ3n) is 3.64. The van der Waals surface area contributed by atoms with Gasteiger partial charge < -0.3 is 9.64 Å². The summed E-state index contributed by atoms with van der Waals surface area (Å²) < 4.78 is 6.01. The molecule has 0 bridgehead atoms. The van der Waals surface area contributed by atoms with Crippen molar-refractivity contribution in [1.82, 2.24) is 4.90 Å². The second kappa shape index (κ2) is 8.05. The molecule has 0 saturated carbocycles. The van der Waals surface area contributed by atoms with Gasteiger partial charge in [-0.1, -0.05) is 43.7 Å². The molecule has 3 heteroatoms. The van der Waals surface area contributed by atoms with E-state index in [4.69, 9.17) is 9.73 Å². The van der Waals surface area contributed by atoms with Gasteiger partial charge in [-0.05, 0) is 25.3 Å². The summed E-state index contributed by atoms with van der Waals surface area (Å²) in [5.74, 6) is 1.12. The standard InChI is InChI=1S/C17H26N2O/c1-3-5-13-19-14-9-12-18-17(19)16(20-4-2)15-10-7-6-8-11-15/h6-8,10-11,16H,3-5,9,12-14H2,1-2H3/t16-/m1/s1. The molecule has 2 rings (SSSR count). The van der Waals surface area contributed by atoms with Gasteiger partial charge in [-0.15, -0.1) is 0 Å². The lowest BCUT2D eigenvalue weighted by molar-refractivity contribution is 0.0979. The summed E-state index contributed by atoms with van der Waals surface area (Å²) in [6, 6.07) is 10.5. The lowest BCUT2D eigenvalue weighted by Gasteiger charge is -2.34. The van der Waals surface area contributed by atoms with Crippen LogP contribution in [0.15, 0.2) is 35.3 Å². The van der Waals surface area contributed by atoms with Gasteiger partial charge in [-0.2, -0.15) is 0 Å². The minimum atomic E-state index is -0.0154. The zero-order valence-electron chi connectivity index (χ0n) is 12.7. The van der Waals surface area contributed by atoms with Crippen LogP contribution in [-0.2, 0) is 4.74 Å². The summed E-state index contributed by atoms with van der Waals surface area (Å²) in [7, 11) is 0. The minimum Gasteiger partial charge on any atom is -0.366 e. The van der Waals surface area contributed by atoms with E-state index in [0.29, 0.717) is 6.61 Å². The molecule has 0 amide bonds. The van der Waals surface area contributed by atoms with Gasteiger partial charge in [0, 0.05) is 26.2 Å². The number of hydrogen-bond acceptors (Lipinski definition) is 3. The zero-order valence-corrected chi connectivity index (χ0v) is 12.7. The highest BCUT2D eigenvalue weighted by Crippen LogP contribution is 2.23. The van der Waals surface area contributed by atoms with Crippen molar-refractivity contribution in [1.29, 1.82) is 0 Å². The van der Waals surface area contributed by atoms with Crippen LogP contribution in [0.1, 0.15) is 44.8 Å². The maximum atomic E-state index is 6.01. The quantitative estimate of drug-likeness (QED) is 0.758. The van der Waals surface area contributed by atoms with Gasteiger partial charge >= 0.3 is 0 Å². The molecule has 3 nitrogen and oxygen atoms in total. The lowest BCUT2D eigenvalue weighted by Crippen LogP contribution is -2.40. The molecule has 110 valence electrons. The summed E-state index contributed by atoms with van der Waals surface area (Å²) in [6.45, 7) is 8.11. The summed E-state index contributed by atoms with van der Waals surface area (Å²) in [5, 5.41) is 0. The molecule has 0 spiro atoms. The van der Waals surface area contributed by atoms with Crippen molar-refractivity contribution in [3.05, 3.63) is 35.9 Å². The number of nitrogens with zero attached hydrogens (tertiary/aromatic N) is 2. The normalized spacial score (nSPS) is 16.9.